The van der Waals surface area contributed by atoms with E-state index in [-0.39, 0.29) is 11.9 Å². The number of hydrogen-bond donors (Lipinski definition) is 1. The molecule has 0 aromatic heterocycles. The first-order chi connectivity index (χ1) is 8.09. The van der Waals surface area contributed by atoms with Gasteiger partial charge in [0.2, 0.25) is 0 Å². The summed E-state index contributed by atoms with van der Waals surface area (Å²) in [5, 5.41) is 3.29. The minimum Gasteiger partial charge on any atom is -0.467 e. The summed E-state index contributed by atoms with van der Waals surface area (Å²) in [6.45, 7) is 6.74. The Hall–Kier alpha value is -1.35. The summed E-state index contributed by atoms with van der Waals surface area (Å²) in [5.74, 6) is -0.127. The van der Waals surface area contributed by atoms with Crippen LogP contribution < -0.4 is 5.32 Å². The SMILES string of the molecule is CCNC(C(=O)OC)(c1ccccc1)C(C)C. The van der Waals surface area contributed by atoms with Gasteiger partial charge in [-0.1, -0.05) is 51.1 Å². The zero-order chi connectivity index (χ0) is 12.9. The van der Waals surface area contributed by atoms with Crippen LogP contribution in [0.2, 0.25) is 0 Å². The molecule has 1 aromatic rings. The fourth-order valence-electron chi connectivity index (χ4n) is 2.21. The average molecular weight is 235 g/mol. The molecule has 0 heterocycles. The van der Waals surface area contributed by atoms with Gasteiger partial charge in [0.05, 0.1) is 7.11 Å². The first-order valence-electron chi connectivity index (χ1n) is 5.98. The summed E-state index contributed by atoms with van der Waals surface area (Å²) < 4.78 is 4.98. The molecule has 1 N–H and O–H groups in total. The number of carbonyl (C=O) groups excluding carboxylic acids is 1. The molecule has 0 aliphatic carbocycles. The summed E-state index contributed by atoms with van der Waals surface area (Å²) in [4.78, 5) is 12.2. The lowest BCUT2D eigenvalue weighted by atomic mass is 9.79. The van der Waals surface area contributed by atoms with Crippen molar-refractivity contribution in [3.63, 3.8) is 0 Å². The zero-order valence-electron chi connectivity index (χ0n) is 11.0. The second-order valence-corrected chi connectivity index (χ2v) is 4.35. The third kappa shape index (κ3) is 2.50. The maximum absolute atomic E-state index is 12.2. The Morgan fingerprint density at radius 2 is 1.94 bits per heavy atom. The Balaban J connectivity index is 3.29. The highest BCUT2D eigenvalue weighted by molar-refractivity contribution is 5.83. The van der Waals surface area contributed by atoms with Gasteiger partial charge in [-0.3, -0.25) is 5.32 Å². The highest BCUT2D eigenvalue weighted by Gasteiger charge is 2.43. The molecule has 3 nitrogen and oxygen atoms in total. The number of rotatable bonds is 5. The quantitative estimate of drug-likeness (QED) is 0.796. The minimum absolute atomic E-state index is 0.109. The molecule has 0 spiro atoms. The summed E-state index contributed by atoms with van der Waals surface area (Å²) in [6.07, 6.45) is 0. The number of ether oxygens (including phenoxy) is 1. The van der Waals surface area contributed by atoms with Crippen LogP contribution in [0.3, 0.4) is 0 Å². The molecule has 0 radical (unpaired) electrons. The number of likely N-dealkylation sites (N-methyl/N-ethyl adjacent to an activating group) is 1. The molecule has 0 bridgehead atoms. The van der Waals surface area contributed by atoms with Crippen molar-refractivity contribution >= 4 is 5.97 Å². The van der Waals surface area contributed by atoms with E-state index in [0.29, 0.717) is 6.54 Å². The Morgan fingerprint density at radius 1 is 1.35 bits per heavy atom. The molecule has 0 aliphatic heterocycles. The highest BCUT2D eigenvalue weighted by Crippen LogP contribution is 2.30. The molecule has 0 aliphatic rings. The number of hydrogen-bond acceptors (Lipinski definition) is 3. The lowest BCUT2D eigenvalue weighted by molar-refractivity contribution is -0.151. The minimum atomic E-state index is -0.759. The summed E-state index contributed by atoms with van der Waals surface area (Å²) in [5.41, 5.74) is 0.189. The van der Waals surface area contributed by atoms with Crippen LogP contribution in [0.5, 0.6) is 0 Å². The maximum atomic E-state index is 12.2. The van der Waals surface area contributed by atoms with Crippen LogP contribution in [-0.2, 0) is 15.1 Å². The van der Waals surface area contributed by atoms with Crippen molar-refractivity contribution in [2.75, 3.05) is 13.7 Å². The van der Waals surface area contributed by atoms with E-state index in [9.17, 15) is 4.79 Å². The van der Waals surface area contributed by atoms with Crippen molar-refractivity contribution in [1.82, 2.24) is 5.32 Å². The van der Waals surface area contributed by atoms with Crippen molar-refractivity contribution in [3.8, 4) is 0 Å². The fraction of sp³-hybridized carbons (Fsp3) is 0.500. The Labute approximate surface area is 103 Å². The molecule has 0 fully saturated rings. The molecular weight excluding hydrogens is 214 g/mol. The van der Waals surface area contributed by atoms with Gasteiger partial charge < -0.3 is 4.74 Å². The zero-order valence-corrected chi connectivity index (χ0v) is 11.0. The number of carbonyl (C=O) groups is 1. The van der Waals surface area contributed by atoms with Gasteiger partial charge >= 0.3 is 5.97 Å². The molecule has 3 heteroatoms. The van der Waals surface area contributed by atoms with Crippen molar-refractivity contribution in [1.29, 1.82) is 0 Å². The van der Waals surface area contributed by atoms with Gasteiger partial charge in [-0.05, 0) is 18.0 Å². The molecule has 1 aromatic carbocycles. The van der Waals surface area contributed by atoms with E-state index in [0.717, 1.165) is 5.56 Å². The number of nitrogens with one attached hydrogen (secondary N) is 1. The molecule has 1 unspecified atom stereocenters. The second kappa shape index (κ2) is 5.82. The van der Waals surface area contributed by atoms with Crippen molar-refractivity contribution < 1.29 is 9.53 Å². The smallest absolute Gasteiger partial charge is 0.330 e. The third-order valence-electron chi connectivity index (χ3n) is 3.06. The van der Waals surface area contributed by atoms with Crippen molar-refractivity contribution in [2.45, 2.75) is 26.3 Å². The first kappa shape index (κ1) is 13.7. The van der Waals surface area contributed by atoms with Gasteiger partial charge in [0, 0.05) is 0 Å². The van der Waals surface area contributed by atoms with Crippen LogP contribution in [0.1, 0.15) is 26.3 Å². The van der Waals surface area contributed by atoms with Crippen LogP contribution in [0.4, 0.5) is 0 Å². The molecule has 0 saturated carbocycles. The van der Waals surface area contributed by atoms with Gasteiger partial charge in [0.1, 0.15) is 5.54 Å². The van der Waals surface area contributed by atoms with Crippen LogP contribution >= 0.6 is 0 Å². The van der Waals surface area contributed by atoms with Gasteiger partial charge in [0.15, 0.2) is 0 Å². The Morgan fingerprint density at radius 3 is 2.35 bits per heavy atom. The van der Waals surface area contributed by atoms with Gasteiger partial charge in [-0.15, -0.1) is 0 Å². The van der Waals surface area contributed by atoms with Crippen LogP contribution in [0.15, 0.2) is 30.3 Å². The van der Waals surface area contributed by atoms with E-state index in [1.54, 1.807) is 0 Å². The van der Waals surface area contributed by atoms with Crippen LogP contribution in [0.25, 0.3) is 0 Å². The van der Waals surface area contributed by atoms with E-state index < -0.39 is 5.54 Å². The largest absolute Gasteiger partial charge is 0.467 e. The summed E-state index contributed by atoms with van der Waals surface area (Å²) >= 11 is 0. The summed E-state index contributed by atoms with van der Waals surface area (Å²) in [7, 11) is 1.43. The summed E-state index contributed by atoms with van der Waals surface area (Å²) in [6, 6.07) is 9.73. The molecule has 94 valence electrons. The second-order valence-electron chi connectivity index (χ2n) is 4.35. The predicted octanol–water partition coefficient (Wildman–Crippen LogP) is 2.32. The Kier molecular flexibility index (Phi) is 4.70. The topological polar surface area (TPSA) is 38.3 Å². The lowest BCUT2D eigenvalue weighted by Crippen LogP contribution is -2.53. The van der Waals surface area contributed by atoms with Crippen LogP contribution in [-0.4, -0.2) is 19.6 Å². The normalized spacial score (nSPS) is 14.4. The van der Waals surface area contributed by atoms with Gasteiger partial charge in [0.25, 0.3) is 0 Å². The number of methoxy groups -OCH3 is 1. The predicted molar refractivity (Wildman–Crippen MR) is 68.7 cm³/mol. The lowest BCUT2D eigenvalue weighted by Gasteiger charge is -2.36. The average Bonchev–Trinajstić information content (AvgIpc) is 2.35. The molecule has 1 atom stereocenters. The monoisotopic (exact) mass is 235 g/mol. The van der Waals surface area contributed by atoms with E-state index in [4.69, 9.17) is 4.74 Å². The highest BCUT2D eigenvalue weighted by atomic mass is 16.5. The standard InChI is InChI=1S/C14H21NO2/c1-5-15-14(11(2)3,13(16)17-4)12-9-7-6-8-10-12/h6-11,15H,5H2,1-4H3. The van der Waals surface area contributed by atoms with Gasteiger partial charge in [-0.2, -0.15) is 0 Å². The third-order valence-corrected chi connectivity index (χ3v) is 3.06. The first-order valence-corrected chi connectivity index (χ1v) is 5.98. The number of esters is 1. The maximum Gasteiger partial charge on any atom is 0.330 e. The molecule has 1 rings (SSSR count). The van der Waals surface area contributed by atoms with Crippen LogP contribution in [0, 0.1) is 5.92 Å². The van der Waals surface area contributed by atoms with E-state index in [2.05, 4.69) is 5.32 Å². The molecule has 0 amide bonds. The fourth-order valence-corrected chi connectivity index (χ4v) is 2.21. The van der Waals surface area contributed by atoms with E-state index >= 15 is 0 Å². The van der Waals surface area contributed by atoms with Crippen molar-refractivity contribution in [3.05, 3.63) is 35.9 Å². The number of benzene rings is 1. The van der Waals surface area contributed by atoms with E-state index in [1.165, 1.54) is 7.11 Å². The molecule has 17 heavy (non-hydrogen) atoms. The molecule has 0 saturated heterocycles. The molecular formula is C14H21NO2. The van der Waals surface area contributed by atoms with Crippen molar-refractivity contribution in [2.24, 2.45) is 5.92 Å². The van der Waals surface area contributed by atoms with E-state index in [1.807, 2.05) is 51.1 Å². The van der Waals surface area contributed by atoms with Gasteiger partial charge in [-0.25, -0.2) is 4.79 Å². The Bertz CT molecular complexity index is 362.